The van der Waals surface area contributed by atoms with Crippen LogP contribution in [0.2, 0.25) is 0 Å². The molecule has 0 saturated heterocycles. The highest BCUT2D eigenvalue weighted by molar-refractivity contribution is 7.90. The summed E-state index contributed by atoms with van der Waals surface area (Å²) in [6.45, 7) is 0. The van der Waals surface area contributed by atoms with Gasteiger partial charge in [-0.25, -0.2) is 8.42 Å². The minimum absolute atomic E-state index is 0.225. The fraction of sp³-hybridized carbons (Fsp3) is 0.350. The Labute approximate surface area is 154 Å². The van der Waals surface area contributed by atoms with E-state index in [4.69, 9.17) is 0 Å². The fourth-order valence-electron chi connectivity index (χ4n) is 3.29. The summed E-state index contributed by atoms with van der Waals surface area (Å²) < 4.78 is 23.6. The maximum atomic E-state index is 11.8. The summed E-state index contributed by atoms with van der Waals surface area (Å²) in [5.41, 5.74) is 2.95. The average molecular weight is 370 g/mol. The quantitative estimate of drug-likeness (QED) is 0.861. The second-order valence-corrected chi connectivity index (χ2v) is 8.84. The molecule has 0 amide bonds. The van der Waals surface area contributed by atoms with E-state index in [0.717, 1.165) is 42.5 Å². The van der Waals surface area contributed by atoms with Crippen LogP contribution >= 0.6 is 0 Å². The van der Waals surface area contributed by atoms with Crippen molar-refractivity contribution >= 4 is 15.5 Å². The van der Waals surface area contributed by atoms with Crippen molar-refractivity contribution in [3.63, 3.8) is 0 Å². The van der Waals surface area contributed by atoms with Crippen molar-refractivity contribution in [2.45, 2.75) is 42.7 Å². The molecule has 0 unspecified atom stereocenters. The number of rotatable bonds is 4. The molecule has 1 aliphatic rings. The summed E-state index contributed by atoms with van der Waals surface area (Å²) >= 11 is 0. The summed E-state index contributed by atoms with van der Waals surface area (Å²) in [6.07, 6.45) is 4.20. The molecule has 0 atom stereocenters. The molecule has 0 radical (unpaired) electrons. The highest BCUT2D eigenvalue weighted by Gasteiger charge is 2.20. The Kier molecular flexibility index (Phi) is 5.30. The van der Waals surface area contributed by atoms with Crippen molar-refractivity contribution in [2.24, 2.45) is 0 Å². The minimum Gasteiger partial charge on any atom is -0.393 e. The van der Waals surface area contributed by atoms with Crippen molar-refractivity contribution in [2.75, 3.05) is 11.6 Å². The number of sulfone groups is 1. The van der Waals surface area contributed by atoms with Crippen LogP contribution in [0, 0.1) is 11.3 Å². The normalized spacial score (nSPS) is 20.3. The Balaban J connectivity index is 1.92. The van der Waals surface area contributed by atoms with Gasteiger partial charge in [-0.15, -0.1) is 0 Å². The van der Waals surface area contributed by atoms with Gasteiger partial charge < -0.3 is 10.4 Å². The van der Waals surface area contributed by atoms with Crippen LogP contribution < -0.4 is 5.32 Å². The minimum atomic E-state index is -3.28. The number of hydrogen-bond acceptors (Lipinski definition) is 5. The number of nitrogens with one attached hydrogen (secondary N) is 1. The van der Waals surface area contributed by atoms with Crippen molar-refractivity contribution < 1.29 is 13.5 Å². The second-order valence-electron chi connectivity index (χ2n) is 6.82. The van der Waals surface area contributed by atoms with E-state index < -0.39 is 9.84 Å². The summed E-state index contributed by atoms with van der Waals surface area (Å²) in [7, 11) is -3.28. The van der Waals surface area contributed by atoms with E-state index in [1.54, 1.807) is 24.3 Å². The Bertz CT molecular complexity index is 940. The first-order valence-corrected chi connectivity index (χ1v) is 10.5. The molecule has 6 heteroatoms. The molecule has 0 heterocycles. The Morgan fingerprint density at radius 2 is 1.77 bits per heavy atom. The van der Waals surface area contributed by atoms with Crippen LogP contribution in [0.5, 0.6) is 0 Å². The zero-order valence-corrected chi connectivity index (χ0v) is 15.5. The number of benzene rings is 2. The number of aliphatic hydroxyl groups is 1. The van der Waals surface area contributed by atoms with E-state index >= 15 is 0 Å². The molecular weight excluding hydrogens is 348 g/mol. The van der Waals surface area contributed by atoms with Gasteiger partial charge in [0.25, 0.3) is 0 Å². The van der Waals surface area contributed by atoms with Crippen LogP contribution in [0.1, 0.15) is 31.2 Å². The molecule has 26 heavy (non-hydrogen) atoms. The predicted octanol–water partition coefficient (Wildman–Crippen LogP) is 3.34. The Morgan fingerprint density at radius 3 is 2.42 bits per heavy atom. The summed E-state index contributed by atoms with van der Waals surface area (Å²) in [5, 5.41) is 22.5. The highest BCUT2D eigenvalue weighted by Crippen LogP contribution is 2.29. The second kappa shape index (κ2) is 7.48. The molecule has 2 aromatic rings. The van der Waals surface area contributed by atoms with Gasteiger partial charge in [-0.1, -0.05) is 18.2 Å². The van der Waals surface area contributed by atoms with Crippen LogP contribution in [0.15, 0.2) is 47.4 Å². The van der Waals surface area contributed by atoms with Crippen LogP contribution in [0.25, 0.3) is 11.1 Å². The highest BCUT2D eigenvalue weighted by atomic mass is 32.2. The molecule has 2 aromatic carbocycles. The van der Waals surface area contributed by atoms with Gasteiger partial charge in [-0.05, 0) is 61.1 Å². The molecule has 5 nitrogen and oxygen atoms in total. The molecule has 0 aliphatic heterocycles. The zero-order chi connectivity index (χ0) is 18.7. The van der Waals surface area contributed by atoms with Crippen molar-refractivity contribution in [3.8, 4) is 17.2 Å². The number of hydrogen-bond donors (Lipinski definition) is 2. The standard InChI is InChI=1S/C20H22N2O3S/c1-26(24,25)19-4-2-3-14(11-19)15-5-6-16(13-21)20(12-15)22-17-7-9-18(23)10-8-17/h2-6,11-12,17-18,22-23H,7-10H2,1H3. The van der Waals surface area contributed by atoms with E-state index in [0.29, 0.717) is 5.56 Å². The molecule has 0 bridgehead atoms. The zero-order valence-electron chi connectivity index (χ0n) is 14.6. The van der Waals surface area contributed by atoms with Gasteiger partial charge in [-0.2, -0.15) is 5.26 Å². The number of nitriles is 1. The topological polar surface area (TPSA) is 90.2 Å². The molecule has 1 aliphatic carbocycles. The Hall–Kier alpha value is -2.36. The molecule has 2 N–H and O–H groups in total. The third kappa shape index (κ3) is 4.24. The third-order valence-corrected chi connectivity index (χ3v) is 5.90. The Morgan fingerprint density at radius 1 is 1.08 bits per heavy atom. The molecule has 0 aromatic heterocycles. The summed E-state index contributed by atoms with van der Waals surface area (Å²) in [4.78, 5) is 0.273. The number of anilines is 1. The van der Waals surface area contributed by atoms with E-state index in [9.17, 15) is 18.8 Å². The SMILES string of the molecule is CS(=O)(=O)c1cccc(-c2ccc(C#N)c(NC3CCC(O)CC3)c2)c1. The first kappa shape index (κ1) is 18.4. The molecular formula is C20H22N2O3S. The number of nitrogens with zero attached hydrogens (tertiary/aromatic N) is 1. The van der Waals surface area contributed by atoms with Gasteiger partial charge in [0, 0.05) is 12.3 Å². The van der Waals surface area contributed by atoms with Crippen LogP contribution in [-0.2, 0) is 9.84 Å². The van der Waals surface area contributed by atoms with Gasteiger partial charge in [0.2, 0.25) is 0 Å². The average Bonchev–Trinajstić information content (AvgIpc) is 2.63. The molecule has 1 saturated carbocycles. The molecule has 3 rings (SSSR count). The van der Waals surface area contributed by atoms with Crippen molar-refractivity contribution in [3.05, 3.63) is 48.0 Å². The lowest BCUT2D eigenvalue weighted by molar-refractivity contribution is 0.126. The molecule has 136 valence electrons. The number of aliphatic hydroxyl groups excluding tert-OH is 1. The maximum absolute atomic E-state index is 11.8. The van der Waals surface area contributed by atoms with E-state index in [-0.39, 0.29) is 17.0 Å². The lowest BCUT2D eigenvalue weighted by Crippen LogP contribution is -2.28. The molecule has 0 spiro atoms. The lowest BCUT2D eigenvalue weighted by Gasteiger charge is -2.27. The largest absolute Gasteiger partial charge is 0.393 e. The molecule has 1 fully saturated rings. The maximum Gasteiger partial charge on any atom is 0.175 e. The smallest absolute Gasteiger partial charge is 0.175 e. The lowest BCUT2D eigenvalue weighted by atomic mass is 9.92. The van der Waals surface area contributed by atoms with Gasteiger partial charge in [0.1, 0.15) is 6.07 Å². The fourth-order valence-corrected chi connectivity index (χ4v) is 3.95. The monoisotopic (exact) mass is 370 g/mol. The van der Waals surface area contributed by atoms with Crippen molar-refractivity contribution in [1.82, 2.24) is 0 Å². The van der Waals surface area contributed by atoms with Gasteiger partial charge in [0.15, 0.2) is 9.84 Å². The van der Waals surface area contributed by atoms with Gasteiger partial charge in [0.05, 0.1) is 22.3 Å². The summed E-state index contributed by atoms with van der Waals surface area (Å²) in [5.74, 6) is 0. The first-order valence-electron chi connectivity index (χ1n) is 8.66. The van der Waals surface area contributed by atoms with Crippen LogP contribution in [0.4, 0.5) is 5.69 Å². The van der Waals surface area contributed by atoms with Crippen LogP contribution in [-0.4, -0.2) is 31.9 Å². The predicted molar refractivity (Wildman–Crippen MR) is 102 cm³/mol. The third-order valence-electron chi connectivity index (χ3n) is 4.79. The summed E-state index contributed by atoms with van der Waals surface area (Å²) in [6, 6.07) is 14.7. The van der Waals surface area contributed by atoms with E-state index in [2.05, 4.69) is 11.4 Å². The first-order chi connectivity index (χ1) is 12.4. The van der Waals surface area contributed by atoms with Crippen molar-refractivity contribution in [1.29, 1.82) is 5.26 Å². The van der Waals surface area contributed by atoms with E-state index in [1.807, 2.05) is 18.2 Å². The van der Waals surface area contributed by atoms with Crippen LogP contribution in [0.3, 0.4) is 0 Å². The van der Waals surface area contributed by atoms with E-state index in [1.165, 1.54) is 6.26 Å². The van der Waals surface area contributed by atoms with Gasteiger partial charge in [-0.3, -0.25) is 0 Å². The van der Waals surface area contributed by atoms with Gasteiger partial charge >= 0.3 is 0 Å².